The molecule has 0 unspecified atom stereocenters. The minimum atomic E-state index is -0.965. The number of hydrogen-bond acceptors (Lipinski definition) is 7. The Bertz CT molecular complexity index is 684. The minimum Gasteiger partial charge on any atom is -0.454 e. The number of amides is 6. The SMILES string of the molecule is CCOCCCNC(=O)NC(=O)COC(=O)CN1C(=O)N[C@@]2(CCCC[C@H]2C)C1=O. The summed E-state index contributed by atoms with van der Waals surface area (Å²) in [7, 11) is 0. The van der Waals surface area contributed by atoms with Crippen molar-refractivity contribution in [1.82, 2.24) is 20.9 Å². The normalized spacial score (nSPS) is 23.3. The Morgan fingerprint density at radius 3 is 2.73 bits per heavy atom. The van der Waals surface area contributed by atoms with Crippen LogP contribution in [0.1, 0.15) is 46.0 Å². The van der Waals surface area contributed by atoms with Crippen molar-refractivity contribution >= 4 is 29.8 Å². The van der Waals surface area contributed by atoms with Crippen LogP contribution in [0, 0.1) is 5.92 Å². The fourth-order valence-corrected chi connectivity index (χ4v) is 3.69. The molecule has 3 N–H and O–H groups in total. The van der Waals surface area contributed by atoms with E-state index in [9.17, 15) is 24.0 Å². The van der Waals surface area contributed by atoms with Gasteiger partial charge in [-0.15, -0.1) is 0 Å². The van der Waals surface area contributed by atoms with Crippen LogP contribution in [-0.2, 0) is 23.9 Å². The molecular weight excluding hydrogens is 396 g/mol. The number of rotatable bonds is 9. The topological polar surface area (TPSA) is 143 Å². The fourth-order valence-electron chi connectivity index (χ4n) is 3.69. The molecule has 2 rings (SSSR count). The fraction of sp³-hybridized carbons (Fsp3) is 0.737. The molecule has 30 heavy (non-hydrogen) atoms. The predicted octanol–water partition coefficient (Wildman–Crippen LogP) is 0.283. The van der Waals surface area contributed by atoms with E-state index in [0.29, 0.717) is 32.6 Å². The quantitative estimate of drug-likeness (QED) is 0.273. The van der Waals surface area contributed by atoms with Crippen molar-refractivity contribution in [3.8, 4) is 0 Å². The third-order valence-electron chi connectivity index (χ3n) is 5.36. The van der Waals surface area contributed by atoms with Crippen LogP contribution in [0.15, 0.2) is 0 Å². The van der Waals surface area contributed by atoms with Gasteiger partial charge in [-0.05, 0) is 32.1 Å². The van der Waals surface area contributed by atoms with Crippen LogP contribution >= 0.6 is 0 Å². The second kappa shape index (κ2) is 10.9. The van der Waals surface area contributed by atoms with E-state index in [-0.39, 0.29) is 5.92 Å². The molecule has 1 aliphatic heterocycles. The highest BCUT2D eigenvalue weighted by Crippen LogP contribution is 2.38. The molecule has 1 heterocycles. The summed E-state index contributed by atoms with van der Waals surface area (Å²) in [6.07, 6.45) is 3.76. The molecule has 168 valence electrons. The van der Waals surface area contributed by atoms with Gasteiger partial charge in [-0.3, -0.25) is 24.6 Å². The maximum Gasteiger partial charge on any atom is 0.326 e. The summed E-state index contributed by atoms with van der Waals surface area (Å²) < 4.78 is 9.92. The summed E-state index contributed by atoms with van der Waals surface area (Å²) >= 11 is 0. The monoisotopic (exact) mass is 426 g/mol. The molecule has 0 bridgehead atoms. The summed E-state index contributed by atoms with van der Waals surface area (Å²) in [6.45, 7) is 3.88. The summed E-state index contributed by atoms with van der Waals surface area (Å²) in [6, 6.07) is -1.35. The lowest BCUT2D eigenvalue weighted by molar-refractivity contribution is -0.151. The first-order chi connectivity index (χ1) is 14.3. The zero-order valence-corrected chi connectivity index (χ0v) is 17.5. The number of carbonyl (C=O) groups is 5. The van der Waals surface area contributed by atoms with Crippen molar-refractivity contribution in [2.24, 2.45) is 5.92 Å². The van der Waals surface area contributed by atoms with Gasteiger partial charge in [-0.25, -0.2) is 9.59 Å². The highest BCUT2D eigenvalue weighted by Gasteiger charge is 2.55. The second-order valence-electron chi connectivity index (χ2n) is 7.45. The van der Waals surface area contributed by atoms with Crippen molar-refractivity contribution in [2.75, 3.05) is 32.9 Å². The largest absolute Gasteiger partial charge is 0.454 e. The Hall–Kier alpha value is -2.69. The predicted molar refractivity (Wildman–Crippen MR) is 104 cm³/mol. The summed E-state index contributed by atoms with van der Waals surface area (Å²) in [5.41, 5.74) is -0.965. The van der Waals surface area contributed by atoms with Crippen molar-refractivity contribution in [3.63, 3.8) is 0 Å². The molecule has 0 radical (unpaired) electrons. The Kier molecular flexibility index (Phi) is 8.58. The number of esters is 1. The van der Waals surface area contributed by atoms with Gasteiger partial charge in [0.15, 0.2) is 6.61 Å². The molecule has 0 aromatic heterocycles. The minimum absolute atomic E-state index is 0.0263. The zero-order valence-electron chi connectivity index (χ0n) is 17.5. The van der Waals surface area contributed by atoms with Crippen LogP contribution in [0.3, 0.4) is 0 Å². The van der Waals surface area contributed by atoms with E-state index in [2.05, 4.69) is 10.6 Å². The van der Waals surface area contributed by atoms with Gasteiger partial charge in [-0.1, -0.05) is 19.8 Å². The second-order valence-corrected chi connectivity index (χ2v) is 7.45. The Balaban J connectivity index is 1.72. The third-order valence-corrected chi connectivity index (χ3v) is 5.36. The molecule has 1 saturated heterocycles. The van der Waals surface area contributed by atoms with E-state index < -0.39 is 48.5 Å². The number of urea groups is 2. The highest BCUT2D eigenvalue weighted by atomic mass is 16.5. The molecule has 2 atom stereocenters. The summed E-state index contributed by atoms with van der Waals surface area (Å²) in [4.78, 5) is 61.1. The molecule has 11 heteroatoms. The number of nitrogens with one attached hydrogen (secondary N) is 3. The first-order valence-corrected chi connectivity index (χ1v) is 10.2. The van der Waals surface area contributed by atoms with Crippen LogP contribution in [0.5, 0.6) is 0 Å². The molecule has 1 spiro atoms. The highest BCUT2D eigenvalue weighted by molar-refractivity contribution is 6.09. The number of carbonyl (C=O) groups excluding carboxylic acids is 5. The van der Waals surface area contributed by atoms with Crippen LogP contribution in [-0.4, -0.2) is 73.2 Å². The van der Waals surface area contributed by atoms with Crippen molar-refractivity contribution in [2.45, 2.75) is 51.5 Å². The molecule has 2 aliphatic rings. The third kappa shape index (κ3) is 5.91. The van der Waals surface area contributed by atoms with Crippen LogP contribution in [0.25, 0.3) is 0 Å². The maximum absolute atomic E-state index is 12.8. The van der Waals surface area contributed by atoms with Crippen molar-refractivity contribution < 1.29 is 33.4 Å². The van der Waals surface area contributed by atoms with E-state index in [1.54, 1.807) is 0 Å². The Labute approximate surface area is 175 Å². The lowest BCUT2D eigenvalue weighted by Gasteiger charge is -2.36. The first-order valence-electron chi connectivity index (χ1n) is 10.2. The van der Waals surface area contributed by atoms with Gasteiger partial charge in [0.05, 0.1) is 0 Å². The van der Waals surface area contributed by atoms with Crippen LogP contribution in [0.2, 0.25) is 0 Å². The first kappa shape index (κ1) is 23.6. The van der Waals surface area contributed by atoms with Crippen LogP contribution in [0.4, 0.5) is 9.59 Å². The molecule has 1 aliphatic carbocycles. The average Bonchev–Trinajstić information content (AvgIpc) is 2.93. The number of nitrogens with zero attached hydrogens (tertiary/aromatic N) is 1. The van der Waals surface area contributed by atoms with Gasteiger partial charge in [0, 0.05) is 19.8 Å². The average molecular weight is 426 g/mol. The lowest BCUT2D eigenvalue weighted by atomic mass is 9.73. The van der Waals surface area contributed by atoms with Crippen molar-refractivity contribution in [3.05, 3.63) is 0 Å². The molecule has 1 saturated carbocycles. The standard InChI is InChI=1S/C19H30N4O7/c1-3-29-10-6-9-20-17(27)21-14(24)12-30-15(25)11-23-16(26)19(22-18(23)28)8-5-4-7-13(19)2/h13H,3-12H2,1-2H3,(H,22,28)(H2,20,21,24,27)/t13-,19-/m1/s1. The Morgan fingerprint density at radius 1 is 1.27 bits per heavy atom. The molecule has 6 amide bonds. The van der Waals surface area contributed by atoms with Gasteiger partial charge in [-0.2, -0.15) is 0 Å². The van der Waals surface area contributed by atoms with E-state index in [0.717, 1.165) is 24.2 Å². The molecular formula is C19H30N4O7. The van der Waals surface area contributed by atoms with Crippen molar-refractivity contribution in [1.29, 1.82) is 0 Å². The lowest BCUT2D eigenvalue weighted by Crippen LogP contribution is -2.54. The summed E-state index contributed by atoms with van der Waals surface area (Å²) in [5.74, 6) is -2.19. The summed E-state index contributed by atoms with van der Waals surface area (Å²) in [5, 5.41) is 7.23. The van der Waals surface area contributed by atoms with Crippen LogP contribution < -0.4 is 16.0 Å². The Morgan fingerprint density at radius 2 is 2.03 bits per heavy atom. The smallest absolute Gasteiger partial charge is 0.326 e. The van der Waals surface area contributed by atoms with E-state index in [1.165, 1.54) is 0 Å². The number of hydrogen-bond donors (Lipinski definition) is 3. The number of ether oxygens (including phenoxy) is 2. The van der Waals surface area contributed by atoms with E-state index >= 15 is 0 Å². The van der Waals surface area contributed by atoms with Gasteiger partial charge >= 0.3 is 18.0 Å². The number of imide groups is 2. The zero-order chi connectivity index (χ0) is 22.1. The van der Waals surface area contributed by atoms with Gasteiger partial charge in [0.25, 0.3) is 11.8 Å². The molecule has 0 aromatic carbocycles. The van der Waals surface area contributed by atoms with Gasteiger partial charge < -0.3 is 20.1 Å². The van der Waals surface area contributed by atoms with Gasteiger partial charge in [0.1, 0.15) is 12.1 Å². The molecule has 11 nitrogen and oxygen atoms in total. The molecule has 0 aromatic rings. The maximum atomic E-state index is 12.8. The molecule has 2 fully saturated rings. The van der Waals surface area contributed by atoms with Gasteiger partial charge in [0.2, 0.25) is 0 Å². The van der Waals surface area contributed by atoms with E-state index in [1.807, 2.05) is 19.2 Å². The van der Waals surface area contributed by atoms with E-state index in [4.69, 9.17) is 9.47 Å².